The molecule has 1 fully saturated rings. The van der Waals surface area contributed by atoms with Crippen molar-refractivity contribution < 1.29 is 4.79 Å². The number of amides is 1. The van der Waals surface area contributed by atoms with Crippen molar-refractivity contribution in [2.45, 2.75) is 6.04 Å². The quantitative estimate of drug-likeness (QED) is 0.535. The Hall–Kier alpha value is -0.440. The predicted octanol–water partition coefficient (Wildman–Crippen LogP) is 0.997. The van der Waals surface area contributed by atoms with Gasteiger partial charge < -0.3 is 5.32 Å². The minimum absolute atomic E-state index is 0.0647. The zero-order chi connectivity index (χ0) is 5.98. The highest BCUT2D eigenvalue weighted by molar-refractivity contribution is 8.14. The zero-order valence-corrected chi connectivity index (χ0v) is 5.20. The van der Waals surface area contributed by atoms with Crippen LogP contribution in [0.25, 0.3) is 0 Å². The van der Waals surface area contributed by atoms with Crippen molar-refractivity contribution in [2.75, 3.05) is 5.75 Å². The number of rotatable bonds is 1. The first-order valence-corrected chi connectivity index (χ1v) is 3.37. The van der Waals surface area contributed by atoms with Gasteiger partial charge in [0.2, 0.25) is 0 Å². The maximum Gasteiger partial charge on any atom is 0.279 e. The second kappa shape index (κ2) is 2.22. The molecular weight excluding hydrogens is 122 g/mol. The standard InChI is InChI=1S/C5H7NOS/c1-2-4-3-8-5(7)6-4/h2,4H,1,3H2,(H,6,7). The van der Waals surface area contributed by atoms with E-state index in [1.807, 2.05) is 0 Å². The Bertz CT molecular complexity index is 124. The van der Waals surface area contributed by atoms with Crippen LogP contribution in [0.5, 0.6) is 0 Å². The lowest BCUT2D eigenvalue weighted by molar-refractivity contribution is 0.261. The predicted molar refractivity (Wildman–Crippen MR) is 35.0 cm³/mol. The van der Waals surface area contributed by atoms with E-state index in [4.69, 9.17) is 0 Å². The van der Waals surface area contributed by atoms with Crippen LogP contribution in [0.15, 0.2) is 12.7 Å². The van der Waals surface area contributed by atoms with E-state index in [0.717, 1.165) is 5.75 Å². The molecule has 1 rings (SSSR count). The molecule has 3 heteroatoms. The molecule has 1 heterocycles. The number of thioether (sulfide) groups is 1. The lowest BCUT2D eigenvalue weighted by Gasteiger charge is -1.96. The lowest BCUT2D eigenvalue weighted by atomic mass is 10.3. The second-order valence-electron chi connectivity index (χ2n) is 1.58. The van der Waals surface area contributed by atoms with Gasteiger partial charge in [-0.2, -0.15) is 0 Å². The minimum atomic E-state index is 0.0647. The molecule has 0 spiro atoms. The SMILES string of the molecule is C=CC1CSC(=O)N1. The Morgan fingerprint density at radius 3 is 3.00 bits per heavy atom. The van der Waals surface area contributed by atoms with Gasteiger partial charge in [0.05, 0.1) is 6.04 Å². The van der Waals surface area contributed by atoms with Gasteiger partial charge in [0.1, 0.15) is 0 Å². The maximum absolute atomic E-state index is 10.4. The molecule has 1 amide bonds. The van der Waals surface area contributed by atoms with Gasteiger partial charge >= 0.3 is 0 Å². The lowest BCUT2D eigenvalue weighted by Crippen LogP contribution is -2.22. The molecule has 0 saturated carbocycles. The van der Waals surface area contributed by atoms with E-state index in [0.29, 0.717) is 0 Å². The molecule has 0 aromatic rings. The third kappa shape index (κ3) is 1.04. The van der Waals surface area contributed by atoms with Crippen molar-refractivity contribution in [1.82, 2.24) is 5.32 Å². The largest absolute Gasteiger partial charge is 0.340 e. The van der Waals surface area contributed by atoms with Crippen molar-refractivity contribution in [1.29, 1.82) is 0 Å². The van der Waals surface area contributed by atoms with Crippen LogP contribution in [0.2, 0.25) is 0 Å². The molecule has 0 aromatic heterocycles. The zero-order valence-electron chi connectivity index (χ0n) is 4.39. The van der Waals surface area contributed by atoms with Crippen LogP contribution in [-0.4, -0.2) is 17.0 Å². The fourth-order valence-electron chi connectivity index (χ4n) is 0.527. The fraction of sp³-hybridized carbons (Fsp3) is 0.400. The first-order chi connectivity index (χ1) is 3.83. The normalized spacial score (nSPS) is 27.5. The molecule has 1 atom stereocenters. The second-order valence-corrected chi connectivity index (χ2v) is 2.58. The summed E-state index contributed by atoms with van der Waals surface area (Å²) >= 11 is 1.31. The monoisotopic (exact) mass is 129 g/mol. The van der Waals surface area contributed by atoms with Gasteiger partial charge in [-0.15, -0.1) is 6.58 Å². The van der Waals surface area contributed by atoms with E-state index in [9.17, 15) is 4.79 Å². The summed E-state index contributed by atoms with van der Waals surface area (Å²) in [6.07, 6.45) is 1.75. The summed E-state index contributed by atoms with van der Waals surface area (Å²) in [5.41, 5.74) is 0. The van der Waals surface area contributed by atoms with Crippen molar-refractivity contribution in [2.24, 2.45) is 0 Å². The third-order valence-electron chi connectivity index (χ3n) is 0.982. The molecule has 2 nitrogen and oxygen atoms in total. The molecule has 44 valence electrons. The highest BCUT2D eigenvalue weighted by Crippen LogP contribution is 2.12. The summed E-state index contributed by atoms with van der Waals surface area (Å²) in [6.45, 7) is 3.55. The molecular formula is C5H7NOS. The molecule has 1 unspecified atom stereocenters. The van der Waals surface area contributed by atoms with Crippen molar-refractivity contribution in [3.05, 3.63) is 12.7 Å². The minimum Gasteiger partial charge on any atom is -0.340 e. The van der Waals surface area contributed by atoms with Gasteiger partial charge in [-0.3, -0.25) is 4.79 Å². The Kier molecular flexibility index (Phi) is 1.58. The summed E-state index contributed by atoms with van der Waals surface area (Å²) in [4.78, 5) is 10.4. The van der Waals surface area contributed by atoms with E-state index in [1.54, 1.807) is 6.08 Å². The summed E-state index contributed by atoms with van der Waals surface area (Å²) in [5.74, 6) is 0.836. The summed E-state index contributed by atoms with van der Waals surface area (Å²) in [5, 5.41) is 2.77. The van der Waals surface area contributed by atoms with Gasteiger partial charge in [0, 0.05) is 5.75 Å². The Morgan fingerprint density at radius 1 is 2.00 bits per heavy atom. The number of nitrogens with one attached hydrogen (secondary N) is 1. The number of hydrogen-bond donors (Lipinski definition) is 1. The Morgan fingerprint density at radius 2 is 2.75 bits per heavy atom. The van der Waals surface area contributed by atoms with Crippen LogP contribution < -0.4 is 5.32 Å². The van der Waals surface area contributed by atoms with Crippen molar-refractivity contribution >= 4 is 17.0 Å². The third-order valence-corrected chi connectivity index (χ3v) is 1.89. The number of carbonyl (C=O) groups excluding carboxylic acids is 1. The van der Waals surface area contributed by atoms with Crippen LogP contribution in [0.3, 0.4) is 0 Å². The van der Waals surface area contributed by atoms with Crippen molar-refractivity contribution in [3.63, 3.8) is 0 Å². The molecule has 1 saturated heterocycles. The number of hydrogen-bond acceptors (Lipinski definition) is 2. The molecule has 8 heavy (non-hydrogen) atoms. The molecule has 1 N–H and O–H groups in total. The first-order valence-electron chi connectivity index (χ1n) is 2.39. The van der Waals surface area contributed by atoms with Gasteiger partial charge in [0.25, 0.3) is 5.24 Å². The van der Waals surface area contributed by atoms with Crippen LogP contribution in [0.1, 0.15) is 0 Å². The van der Waals surface area contributed by atoms with Crippen LogP contribution in [0, 0.1) is 0 Å². The van der Waals surface area contributed by atoms with Gasteiger partial charge in [-0.1, -0.05) is 17.8 Å². The summed E-state index contributed by atoms with van der Waals surface area (Å²) in [6, 6.07) is 0.201. The molecule has 1 aliphatic heterocycles. The van der Waals surface area contributed by atoms with Gasteiger partial charge in [-0.25, -0.2) is 0 Å². The summed E-state index contributed by atoms with van der Waals surface area (Å²) < 4.78 is 0. The average Bonchev–Trinajstić information content (AvgIpc) is 2.14. The Labute approximate surface area is 52.3 Å². The van der Waals surface area contributed by atoms with E-state index in [-0.39, 0.29) is 11.3 Å². The molecule has 0 bridgehead atoms. The van der Waals surface area contributed by atoms with E-state index in [2.05, 4.69) is 11.9 Å². The van der Waals surface area contributed by atoms with Crippen LogP contribution >= 0.6 is 11.8 Å². The van der Waals surface area contributed by atoms with Crippen LogP contribution in [-0.2, 0) is 0 Å². The smallest absolute Gasteiger partial charge is 0.279 e. The Balaban J connectivity index is 2.43. The fourth-order valence-corrected chi connectivity index (χ4v) is 1.31. The topological polar surface area (TPSA) is 29.1 Å². The molecule has 0 aromatic carbocycles. The molecule has 0 aliphatic carbocycles. The average molecular weight is 129 g/mol. The number of carbonyl (C=O) groups is 1. The van der Waals surface area contributed by atoms with Gasteiger partial charge in [0.15, 0.2) is 0 Å². The first kappa shape index (κ1) is 5.69. The maximum atomic E-state index is 10.4. The van der Waals surface area contributed by atoms with Gasteiger partial charge in [-0.05, 0) is 0 Å². The summed E-state index contributed by atoms with van der Waals surface area (Å²) in [7, 11) is 0. The van der Waals surface area contributed by atoms with E-state index in [1.165, 1.54) is 11.8 Å². The highest BCUT2D eigenvalue weighted by atomic mass is 32.2. The van der Waals surface area contributed by atoms with Crippen molar-refractivity contribution in [3.8, 4) is 0 Å². The molecule has 0 radical (unpaired) electrons. The molecule has 1 aliphatic rings. The highest BCUT2D eigenvalue weighted by Gasteiger charge is 2.17. The van der Waals surface area contributed by atoms with E-state index < -0.39 is 0 Å². The van der Waals surface area contributed by atoms with E-state index >= 15 is 0 Å². The van der Waals surface area contributed by atoms with Crippen LogP contribution in [0.4, 0.5) is 4.79 Å².